The molecule has 0 aliphatic rings. The Hall–Kier alpha value is -1.87. The largest absolute Gasteiger partial charge is 0.495 e. The van der Waals surface area contributed by atoms with E-state index in [-0.39, 0.29) is 18.0 Å². The first-order valence-corrected chi connectivity index (χ1v) is 6.09. The van der Waals surface area contributed by atoms with E-state index in [0.29, 0.717) is 21.9 Å². The first-order chi connectivity index (χ1) is 9.11. The quantitative estimate of drug-likeness (QED) is 0.793. The molecule has 0 amide bonds. The number of Topliss-reactive ketones (excluding diaryl/α,β-unsaturated/α-hetero) is 1. The maximum atomic E-state index is 13.5. The van der Waals surface area contributed by atoms with Gasteiger partial charge in [-0.2, -0.15) is 0 Å². The van der Waals surface area contributed by atoms with Gasteiger partial charge in [0.25, 0.3) is 0 Å². The highest BCUT2D eigenvalue weighted by atomic mass is 35.5. The monoisotopic (exact) mass is 278 g/mol. The average molecular weight is 279 g/mol. The molecule has 98 valence electrons. The van der Waals surface area contributed by atoms with Gasteiger partial charge in [-0.05, 0) is 29.8 Å². The summed E-state index contributed by atoms with van der Waals surface area (Å²) in [6.07, 6.45) is 0.00926. The minimum absolute atomic E-state index is 0.00926. The lowest BCUT2D eigenvalue weighted by Gasteiger charge is -2.06. The Morgan fingerprint density at radius 2 is 2.00 bits per heavy atom. The van der Waals surface area contributed by atoms with Crippen LogP contribution in [0, 0.1) is 5.82 Å². The predicted molar refractivity (Wildman–Crippen MR) is 72.4 cm³/mol. The maximum absolute atomic E-state index is 13.5. The van der Waals surface area contributed by atoms with Crippen LogP contribution in [0.15, 0.2) is 42.5 Å². The number of hydrogen-bond acceptors (Lipinski definition) is 2. The molecule has 0 atom stereocenters. The van der Waals surface area contributed by atoms with Gasteiger partial charge in [0.2, 0.25) is 0 Å². The number of ketones is 1. The first-order valence-electron chi connectivity index (χ1n) is 5.72. The molecule has 0 bridgehead atoms. The van der Waals surface area contributed by atoms with Gasteiger partial charge in [0.15, 0.2) is 5.78 Å². The van der Waals surface area contributed by atoms with Gasteiger partial charge in [0, 0.05) is 12.0 Å². The Balaban J connectivity index is 2.21. The van der Waals surface area contributed by atoms with E-state index in [0.717, 1.165) is 0 Å². The zero-order chi connectivity index (χ0) is 13.8. The number of hydrogen-bond donors (Lipinski definition) is 0. The second kappa shape index (κ2) is 5.85. The molecule has 2 nitrogen and oxygen atoms in total. The smallest absolute Gasteiger partial charge is 0.167 e. The van der Waals surface area contributed by atoms with Crippen LogP contribution in [0.4, 0.5) is 4.39 Å². The highest BCUT2D eigenvalue weighted by Crippen LogP contribution is 2.25. The van der Waals surface area contributed by atoms with E-state index in [1.54, 1.807) is 30.3 Å². The molecule has 2 aromatic rings. The Bertz CT molecular complexity index is 611. The van der Waals surface area contributed by atoms with Crippen molar-refractivity contribution in [3.8, 4) is 5.75 Å². The Morgan fingerprint density at radius 3 is 2.63 bits per heavy atom. The minimum Gasteiger partial charge on any atom is -0.495 e. The molecule has 0 aliphatic heterocycles. The highest BCUT2D eigenvalue weighted by Gasteiger charge is 2.12. The summed E-state index contributed by atoms with van der Waals surface area (Å²) < 4.78 is 18.5. The minimum atomic E-state index is -0.379. The number of rotatable bonds is 4. The van der Waals surface area contributed by atoms with Gasteiger partial charge in [0.05, 0.1) is 12.1 Å². The second-order valence-corrected chi connectivity index (χ2v) is 4.45. The van der Waals surface area contributed by atoms with Gasteiger partial charge >= 0.3 is 0 Å². The van der Waals surface area contributed by atoms with E-state index in [1.807, 2.05) is 0 Å². The van der Waals surface area contributed by atoms with Crippen LogP contribution in [0.3, 0.4) is 0 Å². The van der Waals surface area contributed by atoms with Crippen LogP contribution in [0.2, 0.25) is 5.02 Å². The lowest BCUT2D eigenvalue weighted by atomic mass is 10.0. The fraction of sp³-hybridized carbons (Fsp3) is 0.133. The molecule has 0 aromatic heterocycles. The fourth-order valence-electron chi connectivity index (χ4n) is 1.76. The van der Waals surface area contributed by atoms with Crippen LogP contribution >= 0.6 is 11.6 Å². The number of carbonyl (C=O) groups is 1. The standard InChI is InChI=1S/C15H12ClFO2/c1-19-15-7-6-11(8-12(15)16)14(18)9-10-4-2-3-5-13(10)17/h2-8H,9H2,1H3. The summed E-state index contributed by atoms with van der Waals surface area (Å²) in [5, 5.41) is 0.363. The summed E-state index contributed by atoms with van der Waals surface area (Å²) >= 11 is 5.96. The highest BCUT2D eigenvalue weighted by molar-refractivity contribution is 6.32. The molecule has 0 N–H and O–H groups in total. The van der Waals surface area contributed by atoms with Crippen LogP contribution < -0.4 is 4.74 Å². The molecule has 0 unspecified atom stereocenters. The first kappa shape index (κ1) is 13.6. The van der Waals surface area contributed by atoms with Crippen LogP contribution in [0.1, 0.15) is 15.9 Å². The topological polar surface area (TPSA) is 26.3 Å². The molecule has 0 radical (unpaired) electrons. The normalized spacial score (nSPS) is 10.3. The Kier molecular flexibility index (Phi) is 4.17. The van der Waals surface area contributed by atoms with Crippen molar-refractivity contribution >= 4 is 17.4 Å². The Morgan fingerprint density at radius 1 is 1.26 bits per heavy atom. The number of carbonyl (C=O) groups excluding carboxylic acids is 1. The molecule has 2 rings (SSSR count). The lowest BCUT2D eigenvalue weighted by Crippen LogP contribution is -2.05. The molecule has 0 fully saturated rings. The summed E-state index contributed by atoms with van der Waals surface area (Å²) in [5.74, 6) is -0.0609. The molecule has 0 aliphatic carbocycles. The third-order valence-corrected chi connectivity index (χ3v) is 3.08. The Labute approximate surface area is 115 Å². The van der Waals surface area contributed by atoms with Gasteiger partial charge in [-0.25, -0.2) is 4.39 Å². The van der Waals surface area contributed by atoms with E-state index in [9.17, 15) is 9.18 Å². The molecule has 2 aromatic carbocycles. The van der Waals surface area contributed by atoms with Crippen LogP contribution in [0.25, 0.3) is 0 Å². The SMILES string of the molecule is COc1ccc(C(=O)Cc2ccccc2F)cc1Cl. The summed E-state index contributed by atoms with van der Waals surface area (Å²) in [6, 6.07) is 11.0. The molecular formula is C15H12ClFO2. The van der Waals surface area contributed by atoms with Crippen LogP contribution in [-0.4, -0.2) is 12.9 Å². The van der Waals surface area contributed by atoms with Gasteiger partial charge in [-0.3, -0.25) is 4.79 Å². The summed E-state index contributed by atoms with van der Waals surface area (Å²) in [7, 11) is 1.50. The van der Waals surface area contributed by atoms with Crippen molar-refractivity contribution in [1.82, 2.24) is 0 Å². The average Bonchev–Trinajstić information content (AvgIpc) is 2.41. The zero-order valence-corrected chi connectivity index (χ0v) is 11.1. The molecule has 4 heteroatoms. The molecule has 0 spiro atoms. The van der Waals surface area contributed by atoms with Gasteiger partial charge < -0.3 is 4.74 Å². The molecule has 19 heavy (non-hydrogen) atoms. The molecule has 0 heterocycles. The predicted octanol–water partition coefficient (Wildman–Crippen LogP) is 3.91. The van der Waals surface area contributed by atoms with E-state index >= 15 is 0 Å². The number of benzene rings is 2. The van der Waals surface area contributed by atoms with Crippen molar-refractivity contribution in [3.63, 3.8) is 0 Å². The number of methoxy groups -OCH3 is 1. The molecular weight excluding hydrogens is 267 g/mol. The third kappa shape index (κ3) is 3.12. The fourth-order valence-corrected chi connectivity index (χ4v) is 2.01. The van der Waals surface area contributed by atoms with E-state index in [4.69, 9.17) is 16.3 Å². The number of halogens is 2. The van der Waals surface area contributed by atoms with Crippen molar-refractivity contribution in [2.24, 2.45) is 0 Å². The molecule has 0 saturated carbocycles. The van der Waals surface area contributed by atoms with Crippen molar-refractivity contribution in [1.29, 1.82) is 0 Å². The molecule has 0 saturated heterocycles. The van der Waals surface area contributed by atoms with E-state index in [1.165, 1.54) is 19.2 Å². The van der Waals surface area contributed by atoms with Gasteiger partial charge in [-0.15, -0.1) is 0 Å². The van der Waals surface area contributed by atoms with Crippen molar-refractivity contribution in [2.75, 3.05) is 7.11 Å². The maximum Gasteiger partial charge on any atom is 0.167 e. The van der Waals surface area contributed by atoms with Crippen molar-refractivity contribution in [2.45, 2.75) is 6.42 Å². The third-order valence-electron chi connectivity index (χ3n) is 2.78. The van der Waals surface area contributed by atoms with Gasteiger partial charge in [-0.1, -0.05) is 29.8 Å². The number of ether oxygens (including phenoxy) is 1. The van der Waals surface area contributed by atoms with Crippen LogP contribution in [-0.2, 0) is 6.42 Å². The summed E-state index contributed by atoms with van der Waals surface area (Å²) in [4.78, 5) is 12.1. The lowest BCUT2D eigenvalue weighted by molar-refractivity contribution is 0.0992. The van der Waals surface area contributed by atoms with Gasteiger partial charge in [0.1, 0.15) is 11.6 Å². The zero-order valence-electron chi connectivity index (χ0n) is 10.3. The van der Waals surface area contributed by atoms with Crippen molar-refractivity contribution < 1.29 is 13.9 Å². The summed E-state index contributed by atoms with van der Waals surface area (Å²) in [6.45, 7) is 0. The second-order valence-electron chi connectivity index (χ2n) is 4.04. The van der Waals surface area contributed by atoms with Crippen molar-refractivity contribution in [3.05, 3.63) is 64.4 Å². The van der Waals surface area contributed by atoms with E-state index in [2.05, 4.69) is 0 Å². The summed E-state index contributed by atoms with van der Waals surface area (Å²) in [5.41, 5.74) is 0.813. The van der Waals surface area contributed by atoms with Crippen LogP contribution in [0.5, 0.6) is 5.75 Å². The van der Waals surface area contributed by atoms with E-state index < -0.39 is 0 Å².